The minimum absolute atomic E-state index is 0.112. The molecule has 1 aromatic carbocycles. The van der Waals surface area contributed by atoms with E-state index in [0.717, 1.165) is 27.7 Å². The molecule has 0 aliphatic carbocycles. The third-order valence-electron chi connectivity index (χ3n) is 4.15. The minimum atomic E-state index is -0.162. The van der Waals surface area contributed by atoms with Crippen molar-refractivity contribution in [2.45, 2.75) is 19.9 Å². The van der Waals surface area contributed by atoms with Gasteiger partial charge in [-0.1, -0.05) is 6.07 Å². The van der Waals surface area contributed by atoms with Gasteiger partial charge in [0.2, 0.25) is 0 Å². The Morgan fingerprint density at radius 2 is 2.12 bits per heavy atom. The molecule has 1 N–H and O–H groups in total. The van der Waals surface area contributed by atoms with E-state index in [9.17, 15) is 4.79 Å². The van der Waals surface area contributed by atoms with Gasteiger partial charge in [0.25, 0.3) is 5.91 Å². The summed E-state index contributed by atoms with van der Waals surface area (Å²) in [5.41, 5.74) is 1.57. The highest BCUT2D eigenvalue weighted by atomic mass is 32.1. The third kappa shape index (κ3) is 2.80. The lowest BCUT2D eigenvalue weighted by Gasteiger charge is -2.07. The zero-order valence-electron chi connectivity index (χ0n) is 14.7. The van der Waals surface area contributed by atoms with Crippen LogP contribution in [0.4, 0.5) is 5.82 Å². The molecule has 0 unspecified atom stereocenters. The summed E-state index contributed by atoms with van der Waals surface area (Å²) >= 11 is 1.40. The van der Waals surface area contributed by atoms with E-state index in [4.69, 9.17) is 9.72 Å². The predicted octanol–water partition coefficient (Wildman–Crippen LogP) is 4.49. The largest absolute Gasteiger partial charge is 0.497 e. The second kappa shape index (κ2) is 6.42. The van der Waals surface area contributed by atoms with Gasteiger partial charge >= 0.3 is 0 Å². The van der Waals surface area contributed by atoms with Gasteiger partial charge in [0.05, 0.1) is 22.9 Å². The first kappa shape index (κ1) is 16.5. The van der Waals surface area contributed by atoms with Crippen LogP contribution in [0.15, 0.2) is 41.8 Å². The average molecular weight is 366 g/mol. The van der Waals surface area contributed by atoms with Crippen molar-refractivity contribution >= 4 is 45.0 Å². The summed E-state index contributed by atoms with van der Waals surface area (Å²) in [6, 6.07) is 11.5. The Labute approximate surface area is 154 Å². The molecule has 6 nitrogen and oxygen atoms in total. The number of ether oxygens (including phenoxy) is 1. The van der Waals surface area contributed by atoms with Crippen LogP contribution in [0.1, 0.15) is 29.6 Å². The first-order valence-corrected chi connectivity index (χ1v) is 9.16. The number of hydrogen-bond donors (Lipinski definition) is 1. The summed E-state index contributed by atoms with van der Waals surface area (Å²) in [4.78, 5) is 17.9. The fourth-order valence-corrected chi connectivity index (χ4v) is 3.47. The lowest BCUT2D eigenvalue weighted by molar-refractivity contribution is 0.103. The number of carbonyl (C=O) groups is 1. The van der Waals surface area contributed by atoms with E-state index in [-0.39, 0.29) is 11.9 Å². The van der Waals surface area contributed by atoms with Gasteiger partial charge in [-0.05, 0) is 43.5 Å². The van der Waals surface area contributed by atoms with Gasteiger partial charge in [0.15, 0.2) is 11.5 Å². The van der Waals surface area contributed by atoms with Gasteiger partial charge in [-0.25, -0.2) is 9.67 Å². The number of carbonyl (C=O) groups excluding carboxylic acids is 1. The van der Waals surface area contributed by atoms with Gasteiger partial charge < -0.3 is 10.1 Å². The molecule has 26 heavy (non-hydrogen) atoms. The number of nitrogens with one attached hydrogen (secondary N) is 1. The van der Waals surface area contributed by atoms with Crippen LogP contribution in [0, 0.1) is 0 Å². The van der Waals surface area contributed by atoms with Crippen LogP contribution in [0.5, 0.6) is 5.75 Å². The summed E-state index contributed by atoms with van der Waals surface area (Å²) < 4.78 is 7.12. The molecule has 0 fully saturated rings. The fourth-order valence-electron chi connectivity index (χ4n) is 2.85. The highest BCUT2D eigenvalue weighted by Crippen LogP contribution is 2.30. The summed E-state index contributed by atoms with van der Waals surface area (Å²) in [6.45, 7) is 4.07. The zero-order chi connectivity index (χ0) is 18.3. The Kier molecular flexibility index (Phi) is 4.08. The van der Waals surface area contributed by atoms with Crippen molar-refractivity contribution in [1.82, 2.24) is 14.8 Å². The predicted molar refractivity (Wildman–Crippen MR) is 104 cm³/mol. The van der Waals surface area contributed by atoms with E-state index < -0.39 is 0 Å². The van der Waals surface area contributed by atoms with Crippen LogP contribution in [0.25, 0.3) is 21.9 Å². The number of pyridine rings is 1. The van der Waals surface area contributed by atoms with Crippen molar-refractivity contribution in [3.05, 3.63) is 46.7 Å². The second-order valence-electron chi connectivity index (χ2n) is 6.24. The number of methoxy groups -OCH3 is 1. The molecule has 0 aliphatic rings. The minimum Gasteiger partial charge on any atom is -0.497 e. The number of nitrogens with zero attached hydrogens (tertiary/aromatic N) is 3. The first-order valence-electron chi connectivity index (χ1n) is 8.28. The van der Waals surface area contributed by atoms with Crippen LogP contribution in [-0.2, 0) is 0 Å². The van der Waals surface area contributed by atoms with Gasteiger partial charge in [0.1, 0.15) is 5.75 Å². The molecule has 3 heterocycles. The maximum Gasteiger partial charge on any atom is 0.266 e. The molecule has 7 heteroatoms. The molecule has 0 spiro atoms. The van der Waals surface area contributed by atoms with E-state index in [0.29, 0.717) is 10.7 Å². The number of thiophene rings is 1. The van der Waals surface area contributed by atoms with E-state index in [2.05, 4.69) is 10.4 Å². The van der Waals surface area contributed by atoms with Crippen LogP contribution >= 0.6 is 11.3 Å². The summed E-state index contributed by atoms with van der Waals surface area (Å²) in [5, 5.41) is 11.2. The second-order valence-corrected chi connectivity index (χ2v) is 7.18. The lowest BCUT2D eigenvalue weighted by atomic mass is 10.1. The maximum atomic E-state index is 12.5. The number of amides is 1. The van der Waals surface area contributed by atoms with E-state index in [1.165, 1.54) is 11.3 Å². The molecule has 1 amide bonds. The highest BCUT2D eigenvalue weighted by molar-refractivity contribution is 7.12. The van der Waals surface area contributed by atoms with Crippen LogP contribution in [0.2, 0.25) is 0 Å². The Morgan fingerprint density at radius 3 is 2.81 bits per heavy atom. The number of benzene rings is 1. The molecular formula is C19H18N4O2S. The van der Waals surface area contributed by atoms with E-state index >= 15 is 0 Å². The summed E-state index contributed by atoms with van der Waals surface area (Å²) in [7, 11) is 1.64. The SMILES string of the molecule is COc1ccc2cc3c(NC(=O)c4cccs4)nn(C(C)C)c3nc2c1. The van der Waals surface area contributed by atoms with E-state index in [1.807, 2.05) is 54.2 Å². The molecule has 0 radical (unpaired) electrons. The van der Waals surface area contributed by atoms with E-state index in [1.54, 1.807) is 13.2 Å². The molecule has 4 rings (SSSR count). The average Bonchev–Trinajstić information content (AvgIpc) is 3.28. The van der Waals surface area contributed by atoms with Gasteiger partial charge in [-0.15, -0.1) is 11.3 Å². The van der Waals surface area contributed by atoms with Crippen molar-refractivity contribution in [2.24, 2.45) is 0 Å². The summed E-state index contributed by atoms with van der Waals surface area (Å²) in [6.07, 6.45) is 0. The lowest BCUT2D eigenvalue weighted by Crippen LogP contribution is -2.11. The van der Waals surface area contributed by atoms with Crippen molar-refractivity contribution < 1.29 is 9.53 Å². The molecule has 0 atom stereocenters. The molecule has 0 aliphatic heterocycles. The Bertz CT molecular complexity index is 1100. The van der Waals surface area contributed by atoms with Crippen molar-refractivity contribution in [1.29, 1.82) is 0 Å². The van der Waals surface area contributed by atoms with Crippen molar-refractivity contribution in [3.8, 4) is 5.75 Å². The number of aromatic nitrogens is 3. The van der Waals surface area contributed by atoms with Crippen molar-refractivity contribution in [2.75, 3.05) is 12.4 Å². The molecule has 0 saturated heterocycles. The Hall–Kier alpha value is -2.93. The monoisotopic (exact) mass is 366 g/mol. The fraction of sp³-hybridized carbons (Fsp3) is 0.211. The molecule has 3 aromatic heterocycles. The van der Waals surface area contributed by atoms with Gasteiger partial charge in [-0.2, -0.15) is 5.10 Å². The first-order chi connectivity index (χ1) is 12.6. The molecule has 132 valence electrons. The molecule has 0 saturated carbocycles. The Morgan fingerprint density at radius 1 is 1.27 bits per heavy atom. The topological polar surface area (TPSA) is 69.0 Å². The van der Waals surface area contributed by atoms with Gasteiger partial charge in [0, 0.05) is 17.5 Å². The number of hydrogen-bond acceptors (Lipinski definition) is 5. The summed E-state index contributed by atoms with van der Waals surface area (Å²) in [5.74, 6) is 1.12. The molecular weight excluding hydrogens is 348 g/mol. The number of rotatable bonds is 4. The van der Waals surface area contributed by atoms with Crippen LogP contribution in [0.3, 0.4) is 0 Å². The third-order valence-corrected chi connectivity index (χ3v) is 5.02. The molecule has 4 aromatic rings. The van der Waals surface area contributed by atoms with Crippen LogP contribution < -0.4 is 10.1 Å². The highest BCUT2D eigenvalue weighted by Gasteiger charge is 2.18. The van der Waals surface area contributed by atoms with Crippen LogP contribution in [-0.4, -0.2) is 27.8 Å². The van der Waals surface area contributed by atoms with Gasteiger partial charge in [-0.3, -0.25) is 4.79 Å². The number of fused-ring (bicyclic) bond motifs is 2. The normalized spacial score (nSPS) is 11.4. The smallest absolute Gasteiger partial charge is 0.266 e. The number of anilines is 1. The quantitative estimate of drug-likeness (QED) is 0.578. The standard InChI is InChI=1S/C19H18N4O2S/c1-11(2)23-18-14(9-12-6-7-13(25-3)10-15(12)20-18)17(22-23)21-19(24)16-5-4-8-26-16/h4-11H,1-3H3,(H,21,22,24). The zero-order valence-corrected chi connectivity index (χ0v) is 15.5. The molecule has 0 bridgehead atoms. The Balaban J connectivity index is 1.87. The van der Waals surface area contributed by atoms with Crippen molar-refractivity contribution in [3.63, 3.8) is 0 Å². The maximum absolute atomic E-state index is 12.5.